The fourth-order valence-electron chi connectivity index (χ4n) is 1.26. The van der Waals surface area contributed by atoms with Crippen molar-refractivity contribution in [3.8, 4) is 0 Å². The third-order valence-electron chi connectivity index (χ3n) is 2.06. The van der Waals surface area contributed by atoms with Gasteiger partial charge in [0.15, 0.2) is 0 Å². The first kappa shape index (κ1) is 14.7. The number of carbonyl (C=O) groups excluding carboxylic acids is 1. The van der Waals surface area contributed by atoms with E-state index in [2.05, 4.69) is 27.9 Å². The van der Waals surface area contributed by atoms with Crippen LogP contribution in [0.5, 0.6) is 0 Å². The lowest BCUT2D eigenvalue weighted by Crippen LogP contribution is -2.25. The minimum atomic E-state index is -0.0409. The van der Waals surface area contributed by atoms with Crippen LogP contribution in [0.2, 0.25) is 0 Å². The van der Waals surface area contributed by atoms with E-state index in [0.717, 1.165) is 9.99 Å². The Balaban J connectivity index is 2.21. The highest BCUT2D eigenvalue weighted by atomic mass is 127. The summed E-state index contributed by atoms with van der Waals surface area (Å²) in [7, 11) is 0. The highest BCUT2D eigenvalue weighted by Crippen LogP contribution is 2.07. The van der Waals surface area contributed by atoms with Crippen LogP contribution in [0.15, 0.2) is 24.3 Å². The van der Waals surface area contributed by atoms with Gasteiger partial charge in [0.2, 0.25) is 0 Å². The van der Waals surface area contributed by atoms with Gasteiger partial charge in [0.1, 0.15) is 0 Å². The number of amides is 1. The first-order valence-electron chi connectivity index (χ1n) is 5.41. The molecule has 0 aliphatic heterocycles. The Kier molecular flexibility index (Phi) is 7.55. The van der Waals surface area contributed by atoms with E-state index in [1.807, 2.05) is 24.3 Å². The number of nitrogens with one attached hydrogen (secondary N) is 1. The van der Waals surface area contributed by atoms with Crippen molar-refractivity contribution in [2.75, 3.05) is 25.6 Å². The topological polar surface area (TPSA) is 38.3 Å². The second-order valence-electron chi connectivity index (χ2n) is 3.42. The fraction of sp³-hybridized carbons (Fsp3) is 0.417. The molecular weight excluding hydrogens is 352 g/mol. The van der Waals surface area contributed by atoms with Gasteiger partial charge in [-0.3, -0.25) is 4.79 Å². The molecule has 0 radical (unpaired) electrons. The molecule has 0 aromatic heterocycles. The van der Waals surface area contributed by atoms with Gasteiger partial charge in [-0.1, -0.05) is 6.07 Å². The van der Waals surface area contributed by atoms with Gasteiger partial charge in [0.25, 0.3) is 5.91 Å². The molecule has 0 aliphatic rings. The fourth-order valence-corrected chi connectivity index (χ4v) is 1.92. The summed E-state index contributed by atoms with van der Waals surface area (Å²) in [5, 5.41) is 2.85. The van der Waals surface area contributed by atoms with Crippen LogP contribution in [-0.2, 0) is 4.74 Å². The largest absolute Gasteiger partial charge is 0.380 e. The smallest absolute Gasteiger partial charge is 0.251 e. The lowest BCUT2D eigenvalue weighted by atomic mass is 10.2. The predicted octanol–water partition coefficient (Wildman–Crippen LogP) is 2.67. The van der Waals surface area contributed by atoms with Crippen LogP contribution in [0.4, 0.5) is 0 Å². The van der Waals surface area contributed by atoms with E-state index in [4.69, 9.17) is 16.3 Å². The molecule has 1 aromatic carbocycles. The first-order valence-corrected chi connectivity index (χ1v) is 7.03. The van der Waals surface area contributed by atoms with Gasteiger partial charge in [-0.05, 0) is 47.2 Å². The molecule has 0 bridgehead atoms. The second-order valence-corrected chi connectivity index (χ2v) is 5.04. The maximum absolute atomic E-state index is 11.7. The Morgan fingerprint density at radius 1 is 1.41 bits per heavy atom. The zero-order valence-electron chi connectivity index (χ0n) is 9.42. The van der Waals surface area contributed by atoms with Crippen molar-refractivity contribution in [1.29, 1.82) is 0 Å². The van der Waals surface area contributed by atoms with E-state index in [9.17, 15) is 4.79 Å². The standard InChI is InChI=1S/C12H15ClINO2/c13-5-8-17-7-2-6-15-12(16)10-3-1-4-11(14)9-10/h1,3-4,9H,2,5-8H2,(H,15,16). The molecule has 0 atom stereocenters. The van der Waals surface area contributed by atoms with Gasteiger partial charge in [-0.2, -0.15) is 0 Å². The highest BCUT2D eigenvalue weighted by Gasteiger charge is 2.04. The summed E-state index contributed by atoms with van der Waals surface area (Å²) in [6.45, 7) is 1.80. The van der Waals surface area contributed by atoms with Crippen LogP contribution < -0.4 is 5.32 Å². The molecular formula is C12H15ClINO2. The minimum Gasteiger partial charge on any atom is -0.380 e. The molecule has 94 valence electrons. The summed E-state index contributed by atoms with van der Waals surface area (Å²) >= 11 is 7.65. The number of hydrogen-bond donors (Lipinski definition) is 1. The predicted molar refractivity (Wildman–Crippen MR) is 77.6 cm³/mol. The van der Waals surface area contributed by atoms with Crippen LogP contribution in [0, 0.1) is 3.57 Å². The second kappa shape index (κ2) is 8.72. The average molecular weight is 368 g/mol. The van der Waals surface area contributed by atoms with Crippen molar-refractivity contribution >= 4 is 40.1 Å². The molecule has 1 rings (SSSR count). The molecule has 0 fully saturated rings. The zero-order chi connectivity index (χ0) is 12.5. The molecule has 1 aromatic rings. The Morgan fingerprint density at radius 2 is 2.24 bits per heavy atom. The Morgan fingerprint density at radius 3 is 2.94 bits per heavy atom. The molecule has 0 saturated heterocycles. The summed E-state index contributed by atoms with van der Waals surface area (Å²) in [5.74, 6) is 0.468. The number of benzene rings is 1. The normalized spacial score (nSPS) is 10.2. The molecule has 0 spiro atoms. The maximum atomic E-state index is 11.7. The molecule has 5 heteroatoms. The van der Waals surface area contributed by atoms with E-state index >= 15 is 0 Å². The number of hydrogen-bond acceptors (Lipinski definition) is 2. The molecule has 3 nitrogen and oxygen atoms in total. The third-order valence-corrected chi connectivity index (χ3v) is 2.88. The van der Waals surface area contributed by atoms with Crippen molar-refractivity contribution in [3.63, 3.8) is 0 Å². The summed E-state index contributed by atoms with van der Waals surface area (Å²) in [6, 6.07) is 7.50. The summed E-state index contributed by atoms with van der Waals surface area (Å²) in [5.41, 5.74) is 0.693. The van der Waals surface area contributed by atoms with Crippen LogP contribution in [-0.4, -0.2) is 31.5 Å². The van der Waals surface area contributed by atoms with E-state index < -0.39 is 0 Å². The number of rotatable bonds is 7. The molecule has 1 amide bonds. The van der Waals surface area contributed by atoms with Crippen LogP contribution in [0.3, 0.4) is 0 Å². The Hall–Kier alpha value is -0.330. The molecule has 0 unspecified atom stereocenters. The van der Waals surface area contributed by atoms with Crippen molar-refractivity contribution in [3.05, 3.63) is 33.4 Å². The van der Waals surface area contributed by atoms with Crippen molar-refractivity contribution < 1.29 is 9.53 Å². The Bertz CT molecular complexity index is 360. The first-order chi connectivity index (χ1) is 8.24. The van der Waals surface area contributed by atoms with Crippen molar-refractivity contribution in [1.82, 2.24) is 5.32 Å². The number of carbonyl (C=O) groups is 1. The van der Waals surface area contributed by atoms with Crippen LogP contribution >= 0.6 is 34.2 Å². The van der Waals surface area contributed by atoms with E-state index in [1.165, 1.54) is 0 Å². The number of ether oxygens (including phenoxy) is 1. The Labute approximate surface area is 120 Å². The number of halogens is 2. The van der Waals surface area contributed by atoms with Gasteiger partial charge in [0.05, 0.1) is 6.61 Å². The monoisotopic (exact) mass is 367 g/mol. The third kappa shape index (κ3) is 6.24. The summed E-state index contributed by atoms with van der Waals surface area (Å²) in [6.07, 6.45) is 0.798. The quantitative estimate of drug-likeness (QED) is 0.457. The van der Waals surface area contributed by atoms with Crippen LogP contribution in [0.25, 0.3) is 0 Å². The van der Waals surface area contributed by atoms with Gasteiger partial charge in [-0.25, -0.2) is 0 Å². The maximum Gasteiger partial charge on any atom is 0.251 e. The minimum absolute atomic E-state index is 0.0409. The molecule has 0 saturated carbocycles. The molecule has 0 aliphatic carbocycles. The lowest BCUT2D eigenvalue weighted by Gasteiger charge is -2.05. The van der Waals surface area contributed by atoms with Crippen molar-refractivity contribution in [2.24, 2.45) is 0 Å². The van der Waals surface area contributed by atoms with Crippen molar-refractivity contribution in [2.45, 2.75) is 6.42 Å². The van der Waals surface area contributed by atoms with Gasteiger partial charge in [-0.15, -0.1) is 11.6 Å². The SMILES string of the molecule is O=C(NCCCOCCCl)c1cccc(I)c1. The molecule has 17 heavy (non-hydrogen) atoms. The highest BCUT2D eigenvalue weighted by molar-refractivity contribution is 14.1. The summed E-state index contributed by atoms with van der Waals surface area (Å²) in [4.78, 5) is 11.7. The molecule has 1 N–H and O–H groups in total. The summed E-state index contributed by atoms with van der Waals surface area (Å²) < 4.78 is 6.26. The van der Waals surface area contributed by atoms with E-state index in [1.54, 1.807) is 0 Å². The lowest BCUT2D eigenvalue weighted by molar-refractivity contribution is 0.0944. The van der Waals surface area contributed by atoms with Gasteiger partial charge >= 0.3 is 0 Å². The van der Waals surface area contributed by atoms with E-state index in [0.29, 0.717) is 31.2 Å². The molecule has 0 heterocycles. The zero-order valence-corrected chi connectivity index (χ0v) is 12.3. The average Bonchev–Trinajstić information content (AvgIpc) is 2.33. The van der Waals surface area contributed by atoms with Gasteiger partial charge in [0, 0.05) is 28.2 Å². The van der Waals surface area contributed by atoms with Crippen LogP contribution in [0.1, 0.15) is 16.8 Å². The van der Waals surface area contributed by atoms with E-state index in [-0.39, 0.29) is 5.91 Å². The number of alkyl halides is 1. The van der Waals surface area contributed by atoms with Gasteiger partial charge < -0.3 is 10.1 Å².